The SMILES string of the molecule is CCCOc1ccc(S(=O)(=O)N2CCN(CC)CC2)cc1-c1nc2c(CC)n(Cc3ccccn3)nc2c(=O)[nH]1. The summed E-state index contributed by atoms with van der Waals surface area (Å²) >= 11 is 0. The molecule has 1 fully saturated rings. The number of pyridine rings is 1. The lowest BCUT2D eigenvalue weighted by Gasteiger charge is -2.33. The third-order valence-corrected chi connectivity index (χ3v) is 9.05. The number of benzene rings is 1. The summed E-state index contributed by atoms with van der Waals surface area (Å²) in [7, 11) is -3.75. The number of piperazine rings is 1. The number of aryl methyl sites for hydroxylation is 1. The zero-order chi connectivity index (χ0) is 28.3. The molecule has 1 saturated heterocycles. The Bertz CT molecular complexity index is 1640. The number of rotatable bonds is 10. The van der Waals surface area contributed by atoms with Gasteiger partial charge in [0, 0.05) is 32.4 Å². The van der Waals surface area contributed by atoms with Crippen LogP contribution in [0.25, 0.3) is 22.4 Å². The fraction of sp³-hybridized carbons (Fsp3) is 0.429. The van der Waals surface area contributed by atoms with E-state index in [9.17, 15) is 13.2 Å². The van der Waals surface area contributed by atoms with E-state index >= 15 is 0 Å². The van der Waals surface area contributed by atoms with E-state index in [0.29, 0.717) is 62.6 Å². The van der Waals surface area contributed by atoms with Crippen LogP contribution in [0.4, 0.5) is 0 Å². The molecule has 0 saturated carbocycles. The maximum atomic E-state index is 13.6. The minimum atomic E-state index is -3.75. The molecular formula is C28H35N7O4S. The van der Waals surface area contributed by atoms with Gasteiger partial charge in [-0.25, -0.2) is 13.4 Å². The number of fused-ring (bicyclic) bond motifs is 1. The molecule has 12 heteroatoms. The largest absolute Gasteiger partial charge is 0.493 e. The van der Waals surface area contributed by atoms with Crippen molar-refractivity contribution in [1.29, 1.82) is 0 Å². The van der Waals surface area contributed by atoms with Gasteiger partial charge in [0.25, 0.3) is 5.56 Å². The molecule has 0 spiro atoms. The van der Waals surface area contributed by atoms with Crippen LogP contribution in [-0.2, 0) is 23.0 Å². The molecule has 4 heterocycles. The first kappa shape index (κ1) is 27.9. The van der Waals surface area contributed by atoms with Gasteiger partial charge in [0.05, 0.1) is 35.0 Å². The molecule has 0 bridgehead atoms. The molecule has 3 aromatic heterocycles. The van der Waals surface area contributed by atoms with Crippen molar-refractivity contribution in [3.8, 4) is 17.1 Å². The average molecular weight is 566 g/mol. The molecule has 1 aliphatic rings. The minimum absolute atomic E-state index is 0.139. The molecule has 0 atom stereocenters. The predicted molar refractivity (Wildman–Crippen MR) is 153 cm³/mol. The lowest BCUT2D eigenvalue weighted by molar-refractivity contribution is 0.196. The highest BCUT2D eigenvalue weighted by molar-refractivity contribution is 7.89. The van der Waals surface area contributed by atoms with Crippen molar-refractivity contribution in [2.45, 2.75) is 45.1 Å². The summed E-state index contributed by atoms with van der Waals surface area (Å²) < 4.78 is 36.4. The van der Waals surface area contributed by atoms with Crippen LogP contribution in [0.1, 0.15) is 38.6 Å². The molecule has 5 rings (SSSR count). The zero-order valence-electron chi connectivity index (χ0n) is 23.1. The molecule has 40 heavy (non-hydrogen) atoms. The number of nitrogens with zero attached hydrogens (tertiary/aromatic N) is 6. The van der Waals surface area contributed by atoms with E-state index in [2.05, 4.69) is 26.9 Å². The van der Waals surface area contributed by atoms with E-state index in [4.69, 9.17) is 9.72 Å². The van der Waals surface area contributed by atoms with E-state index in [0.717, 1.165) is 24.4 Å². The number of likely N-dealkylation sites (N-methyl/N-ethyl adjacent to an activating group) is 1. The van der Waals surface area contributed by atoms with Crippen molar-refractivity contribution in [2.24, 2.45) is 0 Å². The van der Waals surface area contributed by atoms with Gasteiger partial charge < -0.3 is 14.6 Å². The van der Waals surface area contributed by atoms with E-state index < -0.39 is 15.6 Å². The summed E-state index contributed by atoms with van der Waals surface area (Å²) in [6.07, 6.45) is 3.08. The first-order valence-corrected chi connectivity index (χ1v) is 15.2. The first-order chi connectivity index (χ1) is 19.3. The molecule has 0 radical (unpaired) electrons. The summed E-state index contributed by atoms with van der Waals surface area (Å²) in [5.41, 5.74) is 2.32. The highest BCUT2D eigenvalue weighted by Gasteiger charge is 2.29. The van der Waals surface area contributed by atoms with Crippen molar-refractivity contribution in [3.63, 3.8) is 0 Å². The molecular weight excluding hydrogens is 530 g/mol. The van der Waals surface area contributed by atoms with Crippen LogP contribution in [0.3, 0.4) is 0 Å². The van der Waals surface area contributed by atoms with Crippen LogP contribution in [-0.4, -0.2) is 81.7 Å². The van der Waals surface area contributed by atoms with Crippen molar-refractivity contribution >= 4 is 21.1 Å². The van der Waals surface area contributed by atoms with Gasteiger partial charge in [-0.05, 0) is 49.7 Å². The number of nitrogens with one attached hydrogen (secondary N) is 1. The van der Waals surface area contributed by atoms with Gasteiger partial charge in [0.1, 0.15) is 17.1 Å². The van der Waals surface area contributed by atoms with E-state index in [-0.39, 0.29) is 16.2 Å². The molecule has 4 aromatic rings. The highest BCUT2D eigenvalue weighted by atomic mass is 32.2. The zero-order valence-corrected chi connectivity index (χ0v) is 23.9. The highest BCUT2D eigenvalue weighted by Crippen LogP contribution is 2.32. The summed E-state index contributed by atoms with van der Waals surface area (Å²) in [5.74, 6) is 0.696. The fourth-order valence-corrected chi connectivity index (χ4v) is 6.39. The third kappa shape index (κ3) is 5.51. The molecule has 0 unspecified atom stereocenters. The van der Waals surface area contributed by atoms with Crippen molar-refractivity contribution in [2.75, 3.05) is 39.3 Å². The second-order valence-corrected chi connectivity index (χ2v) is 11.7. The number of hydrogen-bond acceptors (Lipinski definition) is 8. The summed E-state index contributed by atoms with van der Waals surface area (Å²) in [4.78, 5) is 27.6. The van der Waals surface area contributed by atoms with Gasteiger partial charge in [0.2, 0.25) is 10.0 Å². The Morgan fingerprint density at radius 3 is 2.50 bits per heavy atom. The number of aromatic nitrogens is 5. The topological polar surface area (TPSA) is 126 Å². The van der Waals surface area contributed by atoms with E-state index in [1.54, 1.807) is 29.1 Å². The quantitative estimate of drug-likeness (QED) is 0.311. The molecule has 11 nitrogen and oxygen atoms in total. The lowest BCUT2D eigenvalue weighted by atomic mass is 10.1. The maximum Gasteiger partial charge on any atom is 0.279 e. The van der Waals surface area contributed by atoms with Gasteiger partial charge >= 0.3 is 0 Å². The second-order valence-electron chi connectivity index (χ2n) is 9.74. The molecule has 0 amide bonds. The van der Waals surface area contributed by atoms with Crippen LogP contribution in [0, 0.1) is 0 Å². The van der Waals surface area contributed by atoms with Crippen LogP contribution in [0.15, 0.2) is 52.3 Å². The summed E-state index contributed by atoms with van der Waals surface area (Å²) in [6, 6.07) is 10.4. The number of H-pyrrole nitrogens is 1. The van der Waals surface area contributed by atoms with Crippen LogP contribution in [0.2, 0.25) is 0 Å². The molecule has 1 aromatic carbocycles. The fourth-order valence-electron chi connectivity index (χ4n) is 4.95. The van der Waals surface area contributed by atoms with Crippen LogP contribution in [0.5, 0.6) is 5.75 Å². The van der Waals surface area contributed by atoms with Gasteiger partial charge in [0.15, 0.2) is 5.52 Å². The number of sulfonamides is 1. The minimum Gasteiger partial charge on any atom is -0.493 e. The Labute approximate surface area is 233 Å². The average Bonchev–Trinajstić information content (AvgIpc) is 3.33. The van der Waals surface area contributed by atoms with Gasteiger partial charge in [-0.1, -0.05) is 26.8 Å². The van der Waals surface area contributed by atoms with Crippen molar-refractivity contribution < 1.29 is 13.2 Å². The van der Waals surface area contributed by atoms with Gasteiger partial charge in [-0.15, -0.1) is 0 Å². The Balaban J connectivity index is 1.59. The van der Waals surface area contributed by atoms with Crippen LogP contribution >= 0.6 is 0 Å². The second kappa shape index (κ2) is 11.9. The smallest absolute Gasteiger partial charge is 0.279 e. The van der Waals surface area contributed by atoms with Crippen molar-refractivity contribution in [1.82, 2.24) is 33.9 Å². The molecule has 1 aliphatic heterocycles. The Morgan fingerprint density at radius 1 is 1.02 bits per heavy atom. The Kier molecular flexibility index (Phi) is 8.29. The standard InChI is InChI=1S/C28H35N7O4S/c1-4-17-39-24-11-10-21(40(37,38)34-15-13-33(6-3)14-16-34)18-22(24)27-30-25-23(5-2)35(32-26(25)28(36)31-27)19-20-9-7-8-12-29-20/h7-12,18H,4-6,13-17,19H2,1-3H3,(H,30,31,36). The molecule has 0 aliphatic carbocycles. The number of aromatic amines is 1. The lowest BCUT2D eigenvalue weighted by Crippen LogP contribution is -2.48. The third-order valence-electron chi connectivity index (χ3n) is 7.16. The van der Waals surface area contributed by atoms with Gasteiger partial charge in [-0.2, -0.15) is 9.40 Å². The number of hydrogen-bond donors (Lipinski definition) is 1. The van der Waals surface area contributed by atoms with Gasteiger partial charge in [-0.3, -0.25) is 14.5 Å². The van der Waals surface area contributed by atoms with Crippen LogP contribution < -0.4 is 10.3 Å². The monoisotopic (exact) mass is 565 g/mol. The molecule has 1 N–H and O–H groups in total. The maximum absolute atomic E-state index is 13.6. The Morgan fingerprint density at radius 2 is 1.82 bits per heavy atom. The Hall–Kier alpha value is -3.61. The van der Waals surface area contributed by atoms with Crippen molar-refractivity contribution in [3.05, 3.63) is 64.3 Å². The normalized spacial score (nSPS) is 15.1. The summed E-state index contributed by atoms with van der Waals surface area (Å²) in [6.45, 7) is 10.0. The summed E-state index contributed by atoms with van der Waals surface area (Å²) in [5, 5.41) is 4.55. The first-order valence-electron chi connectivity index (χ1n) is 13.7. The number of ether oxygens (including phenoxy) is 1. The van der Waals surface area contributed by atoms with E-state index in [1.165, 1.54) is 4.31 Å². The van der Waals surface area contributed by atoms with E-state index in [1.807, 2.05) is 32.0 Å². The predicted octanol–water partition coefficient (Wildman–Crippen LogP) is 2.91. The molecule has 212 valence electrons.